The summed E-state index contributed by atoms with van der Waals surface area (Å²) in [5.41, 5.74) is 3.36. The molecular weight excluding hydrogens is 374 g/mol. The maximum Gasteiger partial charge on any atom is 0.268 e. The number of hydrogen-bond acceptors (Lipinski definition) is 5. The summed E-state index contributed by atoms with van der Waals surface area (Å²) < 4.78 is 33.3. The first kappa shape index (κ1) is 20.2. The molecule has 0 aliphatic carbocycles. The lowest BCUT2D eigenvalue weighted by molar-refractivity contribution is 0.415. The van der Waals surface area contributed by atoms with Gasteiger partial charge < -0.3 is 15.0 Å². The zero-order valence-electron chi connectivity index (χ0n) is 17.0. The van der Waals surface area contributed by atoms with Crippen LogP contribution in [0.2, 0.25) is 0 Å². The predicted molar refractivity (Wildman–Crippen MR) is 114 cm³/mol. The fraction of sp³-hybridized carbons (Fsp3) is 0.333. The number of anilines is 1. The van der Waals surface area contributed by atoms with Crippen molar-refractivity contribution in [3.8, 4) is 5.75 Å². The minimum absolute atomic E-state index is 0.262. The van der Waals surface area contributed by atoms with E-state index < -0.39 is 10.0 Å². The first-order valence-electron chi connectivity index (χ1n) is 9.14. The molecule has 0 aliphatic heterocycles. The molecule has 0 saturated carbocycles. The van der Waals surface area contributed by atoms with Gasteiger partial charge in [-0.2, -0.15) is 0 Å². The molecule has 6 nitrogen and oxygen atoms in total. The fourth-order valence-corrected chi connectivity index (χ4v) is 4.59. The Kier molecular flexibility index (Phi) is 5.67. The molecule has 1 aromatic heterocycles. The zero-order chi connectivity index (χ0) is 20.5. The van der Waals surface area contributed by atoms with Crippen molar-refractivity contribution in [1.82, 2.24) is 8.87 Å². The molecule has 0 fully saturated rings. The van der Waals surface area contributed by atoms with E-state index in [1.165, 1.54) is 3.97 Å². The third-order valence-electron chi connectivity index (χ3n) is 4.82. The van der Waals surface area contributed by atoms with Crippen molar-refractivity contribution in [3.05, 3.63) is 53.7 Å². The first-order valence-corrected chi connectivity index (χ1v) is 10.6. The van der Waals surface area contributed by atoms with E-state index >= 15 is 0 Å². The monoisotopic (exact) mass is 401 g/mol. The Hall–Kier alpha value is -2.51. The topological polar surface area (TPSA) is 63.6 Å². The highest BCUT2D eigenvalue weighted by atomic mass is 32.2. The Labute approximate surface area is 166 Å². The Bertz CT molecular complexity index is 1100. The Morgan fingerprint density at radius 1 is 1.07 bits per heavy atom. The summed E-state index contributed by atoms with van der Waals surface area (Å²) in [5.74, 6) is 0.702. The number of likely N-dealkylation sites (N-methyl/N-ethyl adjacent to an activating group) is 1. The lowest BCUT2D eigenvalue weighted by Gasteiger charge is -2.15. The second kappa shape index (κ2) is 7.85. The van der Waals surface area contributed by atoms with Gasteiger partial charge in [0.15, 0.2) is 0 Å². The minimum atomic E-state index is -3.72. The summed E-state index contributed by atoms with van der Waals surface area (Å²) >= 11 is 0. The van der Waals surface area contributed by atoms with Gasteiger partial charge in [0.05, 0.1) is 17.5 Å². The van der Waals surface area contributed by atoms with Crippen LogP contribution in [-0.2, 0) is 10.0 Å². The van der Waals surface area contributed by atoms with Gasteiger partial charge in [-0.3, -0.25) is 0 Å². The standard InChI is InChI=1S/C21H27N3O3S/c1-15-6-8-18(13-20(15)22-10-11-23(3)4)28(25,26)24-14-16(2)19-12-17(27-5)7-9-21(19)24/h6-9,12-14,22H,10-11H2,1-5H3. The van der Waals surface area contributed by atoms with Crippen LogP contribution in [0.3, 0.4) is 0 Å². The van der Waals surface area contributed by atoms with Crippen LogP contribution in [0.5, 0.6) is 5.75 Å². The van der Waals surface area contributed by atoms with Gasteiger partial charge in [0, 0.05) is 30.4 Å². The molecule has 0 bridgehead atoms. The first-order chi connectivity index (χ1) is 13.2. The smallest absolute Gasteiger partial charge is 0.268 e. The molecule has 0 atom stereocenters. The lowest BCUT2D eigenvalue weighted by Crippen LogP contribution is -2.21. The number of ether oxygens (including phenoxy) is 1. The van der Waals surface area contributed by atoms with Gasteiger partial charge >= 0.3 is 0 Å². The Morgan fingerprint density at radius 3 is 2.50 bits per heavy atom. The van der Waals surface area contributed by atoms with E-state index in [-0.39, 0.29) is 4.90 Å². The molecule has 150 valence electrons. The molecule has 28 heavy (non-hydrogen) atoms. The molecule has 0 aliphatic rings. The quantitative estimate of drug-likeness (QED) is 0.657. The van der Waals surface area contributed by atoms with Gasteiger partial charge in [-0.15, -0.1) is 0 Å². The van der Waals surface area contributed by atoms with Gasteiger partial charge in [-0.1, -0.05) is 6.07 Å². The van der Waals surface area contributed by atoms with Crippen LogP contribution in [0.15, 0.2) is 47.5 Å². The number of methoxy groups -OCH3 is 1. The average Bonchev–Trinajstić information content (AvgIpc) is 2.99. The maximum atomic E-state index is 13.4. The van der Waals surface area contributed by atoms with Crippen LogP contribution in [0.1, 0.15) is 11.1 Å². The van der Waals surface area contributed by atoms with Gasteiger partial charge in [-0.05, 0) is 69.4 Å². The van der Waals surface area contributed by atoms with Crippen molar-refractivity contribution in [2.75, 3.05) is 39.6 Å². The van der Waals surface area contributed by atoms with E-state index in [2.05, 4.69) is 10.2 Å². The molecule has 0 amide bonds. The molecule has 1 N–H and O–H groups in total. The third-order valence-corrected chi connectivity index (χ3v) is 6.49. The number of aromatic nitrogens is 1. The number of benzene rings is 2. The summed E-state index contributed by atoms with van der Waals surface area (Å²) in [4.78, 5) is 2.34. The van der Waals surface area contributed by atoms with Crippen molar-refractivity contribution in [2.45, 2.75) is 18.7 Å². The fourth-order valence-electron chi connectivity index (χ4n) is 3.14. The van der Waals surface area contributed by atoms with Crippen LogP contribution >= 0.6 is 0 Å². The second-order valence-electron chi connectivity index (χ2n) is 7.20. The normalized spacial score (nSPS) is 11.9. The van der Waals surface area contributed by atoms with Crippen LogP contribution in [-0.4, -0.2) is 51.6 Å². The van der Waals surface area contributed by atoms with Gasteiger partial charge in [0.2, 0.25) is 0 Å². The molecule has 3 aromatic rings. The largest absolute Gasteiger partial charge is 0.497 e. The number of aryl methyl sites for hydroxylation is 2. The highest BCUT2D eigenvalue weighted by molar-refractivity contribution is 7.90. The van der Waals surface area contributed by atoms with Crippen LogP contribution in [0.4, 0.5) is 5.69 Å². The summed E-state index contributed by atoms with van der Waals surface area (Å²) in [6.07, 6.45) is 1.67. The van der Waals surface area contributed by atoms with Crippen molar-refractivity contribution in [3.63, 3.8) is 0 Å². The number of fused-ring (bicyclic) bond motifs is 1. The molecule has 7 heteroatoms. The number of nitrogens with one attached hydrogen (secondary N) is 1. The van der Waals surface area contributed by atoms with Crippen molar-refractivity contribution < 1.29 is 13.2 Å². The Morgan fingerprint density at radius 2 is 1.82 bits per heavy atom. The van der Waals surface area contributed by atoms with E-state index in [1.807, 2.05) is 40.1 Å². The van der Waals surface area contributed by atoms with Crippen molar-refractivity contribution >= 4 is 26.6 Å². The predicted octanol–water partition coefficient (Wildman–Crippen LogP) is 3.48. The highest BCUT2D eigenvalue weighted by Crippen LogP contribution is 2.30. The van der Waals surface area contributed by atoms with E-state index in [0.717, 1.165) is 35.3 Å². The SMILES string of the molecule is COc1ccc2c(c1)c(C)cn2S(=O)(=O)c1ccc(C)c(NCCN(C)C)c1. The zero-order valence-corrected chi connectivity index (χ0v) is 17.8. The van der Waals surface area contributed by atoms with Crippen LogP contribution in [0, 0.1) is 13.8 Å². The number of hydrogen-bond donors (Lipinski definition) is 1. The van der Waals surface area contributed by atoms with E-state index in [9.17, 15) is 8.42 Å². The summed E-state index contributed by atoms with van der Waals surface area (Å²) in [7, 11) is 1.89. The lowest BCUT2D eigenvalue weighted by atomic mass is 10.2. The van der Waals surface area contributed by atoms with E-state index in [4.69, 9.17) is 4.74 Å². The van der Waals surface area contributed by atoms with Gasteiger partial charge in [-0.25, -0.2) is 12.4 Å². The third kappa shape index (κ3) is 3.86. The minimum Gasteiger partial charge on any atom is -0.497 e. The second-order valence-corrected chi connectivity index (χ2v) is 9.02. The van der Waals surface area contributed by atoms with Crippen LogP contribution in [0.25, 0.3) is 10.9 Å². The van der Waals surface area contributed by atoms with E-state index in [1.54, 1.807) is 37.6 Å². The molecular formula is C21H27N3O3S. The Balaban J connectivity index is 2.03. The average molecular weight is 402 g/mol. The molecule has 0 unspecified atom stereocenters. The molecule has 1 heterocycles. The molecule has 3 rings (SSSR count). The van der Waals surface area contributed by atoms with Gasteiger partial charge in [0.1, 0.15) is 5.75 Å². The maximum absolute atomic E-state index is 13.4. The highest BCUT2D eigenvalue weighted by Gasteiger charge is 2.21. The van der Waals surface area contributed by atoms with E-state index in [0.29, 0.717) is 11.3 Å². The summed E-state index contributed by atoms with van der Waals surface area (Å²) in [6.45, 7) is 5.47. The molecule has 0 saturated heterocycles. The number of rotatable bonds is 7. The number of nitrogens with zero attached hydrogens (tertiary/aromatic N) is 2. The molecule has 0 radical (unpaired) electrons. The van der Waals surface area contributed by atoms with Crippen molar-refractivity contribution in [1.29, 1.82) is 0 Å². The summed E-state index contributed by atoms with van der Waals surface area (Å²) in [6, 6.07) is 10.6. The van der Waals surface area contributed by atoms with Gasteiger partial charge in [0.25, 0.3) is 10.0 Å². The molecule has 0 spiro atoms. The molecule has 2 aromatic carbocycles. The summed E-state index contributed by atoms with van der Waals surface area (Å²) in [5, 5.41) is 4.19. The van der Waals surface area contributed by atoms with Crippen molar-refractivity contribution in [2.24, 2.45) is 0 Å². The van der Waals surface area contributed by atoms with Crippen LogP contribution < -0.4 is 10.1 Å².